The van der Waals surface area contributed by atoms with E-state index in [2.05, 4.69) is 10.3 Å². The van der Waals surface area contributed by atoms with Gasteiger partial charge in [-0.1, -0.05) is 31.4 Å². The molecule has 2 atom stereocenters. The summed E-state index contributed by atoms with van der Waals surface area (Å²) in [5.74, 6) is 0.140. The summed E-state index contributed by atoms with van der Waals surface area (Å²) in [5.41, 5.74) is 1.81. The average molecular weight is 375 g/mol. The van der Waals surface area contributed by atoms with Gasteiger partial charge in [-0.25, -0.2) is 4.98 Å². The Hall–Kier alpha value is -2.02. The Morgan fingerprint density at radius 2 is 2.04 bits per heavy atom. The molecule has 1 saturated carbocycles. The van der Waals surface area contributed by atoms with Crippen molar-refractivity contribution >= 4 is 34.7 Å². The van der Waals surface area contributed by atoms with Gasteiger partial charge in [-0.05, 0) is 31.2 Å². The van der Waals surface area contributed by atoms with Crippen LogP contribution in [0.3, 0.4) is 0 Å². The monoisotopic (exact) mass is 375 g/mol. The summed E-state index contributed by atoms with van der Waals surface area (Å²) < 4.78 is 1.94. The van der Waals surface area contributed by atoms with Crippen molar-refractivity contribution in [2.75, 3.05) is 6.26 Å². The van der Waals surface area contributed by atoms with Crippen LogP contribution in [-0.2, 0) is 21.9 Å². The summed E-state index contributed by atoms with van der Waals surface area (Å²) in [6.07, 6.45) is 6.26. The average Bonchev–Trinajstić information content (AvgIpc) is 2.79. The number of amides is 1. The molecule has 0 spiro atoms. The highest BCUT2D eigenvalue weighted by Gasteiger charge is 2.30. The summed E-state index contributed by atoms with van der Waals surface area (Å²) in [5, 5.41) is 12.5. The number of aromatic nitrogens is 2. The standard InChI is InChI=1S/C19H25N3O3S/c1-26-12-17-20-15-9-5-6-10-16(15)22(17)11-18(23)21-14-8-4-2-3-7-13(14)19(24)25/h5-6,9-10,13-14H,2-4,7-8,11-12H2,1H3,(H,21,23)(H,24,25)/t13-,14+/m1/s1. The van der Waals surface area contributed by atoms with Gasteiger partial charge in [0.15, 0.2) is 0 Å². The highest BCUT2D eigenvalue weighted by molar-refractivity contribution is 7.97. The lowest BCUT2D eigenvalue weighted by Gasteiger charge is -2.23. The fourth-order valence-electron chi connectivity index (χ4n) is 3.71. The van der Waals surface area contributed by atoms with Crippen LogP contribution in [0.2, 0.25) is 0 Å². The van der Waals surface area contributed by atoms with E-state index < -0.39 is 11.9 Å². The summed E-state index contributed by atoms with van der Waals surface area (Å²) >= 11 is 1.66. The van der Waals surface area contributed by atoms with Crippen molar-refractivity contribution < 1.29 is 14.7 Å². The van der Waals surface area contributed by atoms with Crippen LogP contribution in [0.15, 0.2) is 24.3 Å². The molecular formula is C19H25N3O3S. The molecule has 26 heavy (non-hydrogen) atoms. The Morgan fingerprint density at radius 1 is 1.27 bits per heavy atom. The molecule has 2 N–H and O–H groups in total. The lowest BCUT2D eigenvalue weighted by molar-refractivity contribution is -0.143. The first-order chi connectivity index (χ1) is 12.6. The Balaban J connectivity index is 1.78. The van der Waals surface area contributed by atoms with Crippen LogP contribution >= 0.6 is 11.8 Å². The SMILES string of the molecule is CSCc1nc2ccccc2n1CC(=O)N[C@H]1CCCCC[C@H]1C(=O)O. The molecule has 0 unspecified atom stereocenters. The first-order valence-corrected chi connectivity index (χ1v) is 10.4. The fraction of sp³-hybridized carbons (Fsp3) is 0.526. The van der Waals surface area contributed by atoms with E-state index in [9.17, 15) is 14.7 Å². The maximum Gasteiger partial charge on any atom is 0.308 e. The number of hydrogen-bond acceptors (Lipinski definition) is 4. The van der Waals surface area contributed by atoms with E-state index in [1.807, 2.05) is 35.1 Å². The van der Waals surface area contributed by atoms with Crippen LogP contribution in [0.25, 0.3) is 11.0 Å². The third kappa shape index (κ3) is 4.20. The van der Waals surface area contributed by atoms with Gasteiger partial charge in [0.2, 0.25) is 5.91 Å². The van der Waals surface area contributed by atoms with E-state index in [1.54, 1.807) is 11.8 Å². The number of para-hydroxylation sites is 2. The van der Waals surface area contributed by atoms with Gasteiger partial charge in [0.1, 0.15) is 12.4 Å². The van der Waals surface area contributed by atoms with E-state index in [0.29, 0.717) is 6.42 Å². The molecule has 1 aromatic heterocycles. The number of thioether (sulfide) groups is 1. The minimum absolute atomic E-state index is 0.145. The molecule has 1 aliphatic rings. The minimum atomic E-state index is -0.812. The first kappa shape index (κ1) is 18.8. The molecule has 1 fully saturated rings. The van der Waals surface area contributed by atoms with E-state index in [0.717, 1.165) is 48.3 Å². The van der Waals surface area contributed by atoms with Crippen LogP contribution in [0.1, 0.15) is 37.9 Å². The summed E-state index contributed by atoms with van der Waals surface area (Å²) in [6, 6.07) is 7.49. The number of hydrogen-bond donors (Lipinski definition) is 2. The number of carboxylic acids is 1. The second kappa shape index (κ2) is 8.58. The Bertz CT molecular complexity index is 789. The number of benzene rings is 1. The summed E-state index contributed by atoms with van der Waals surface area (Å²) in [6.45, 7) is 0.166. The van der Waals surface area contributed by atoms with Crippen molar-refractivity contribution in [3.63, 3.8) is 0 Å². The van der Waals surface area contributed by atoms with Crippen molar-refractivity contribution in [2.45, 2.75) is 50.4 Å². The van der Waals surface area contributed by atoms with Gasteiger partial charge in [-0.2, -0.15) is 11.8 Å². The summed E-state index contributed by atoms with van der Waals surface area (Å²) in [4.78, 5) is 28.9. The van der Waals surface area contributed by atoms with Gasteiger partial charge in [0, 0.05) is 6.04 Å². The number of carbonyl (C=O) groups excluding carboxylic acids is 1. The maximum atomic E-state index is 12.7. The lowest BCUT2D eigenvalue weighted by Crippen LogP contribution is -2.44. The zero-order valence-corrected chi connectivity index (χ0v) is 15.8. The number of nitrogens with one attached hydrogen (secondary N) is 1. The predicted molar refractivity (Wildman–Crippen MR) is 103 cm³/mol. The number of rotatable bonds is 6. The molecule has 0 aliphatic heterocycles. The van der Waals surface area contributed by atoms with Gasteiger partial charge < -0.3 is 15.0 Å². The third-order valence-electron chi connectivity index (χ3n) is 4.99. The number of carboxylic acid groups (broad SMARTS) is 1. The quantitative estimate of drug-likeness (QED) is 0.758. The Morgan fingerprint density at radius 3 is 2.81 bits per heavy atom. The molecule has 140 valence electrons. The van der Waals surface area contributed by atoms with Crippen molar-refractivity contribution in [2.24, 2.45) is 5.92 Å². The molecular weight excluding hydrogens is 350 g/mol. The van der Waals surface area contributed by atoms with E-state index >= 15 is 0 Å². The van der Waals surface area contributed by atoms with Crippen LogP contribution < -0.4 is 5.32 Å². The number of fused-ring (bicyclic) bond motifs is 1. The predicted octanol–water partition coefficient (Wildman–Crippen LogP) is 3.05. The van der Waals surface area contributed by atoms with Gasteiger partial charge in [0.25, 0.3) is 0 Å². The van der Waals surface area contributed by atoms with E-state index in [1.165, 1.54) is 0 Å². The normalized spacial score (nSPS) is 20.7. The molecule has 6 nitrogen and oxygen atoms in total. The second-order valence-corrected chi connectivity index (χ2v) is 7.66. The zero-order valence-electron chi connectivity index (χ0n) is 15.0. The van der Waals surface area contributed by atoms with E-state index in [-0.39, 0.29) is 18.5 Å². The maximum absolute atomic E-state index is 12.7. The molecule has 1 aliphatic carbocycles. The van der Waals surface area contributed by atoms with Crippen LogP contribution in [0.5, 0.6) is 0 Å². The second-order valence-electron chi connectivity index (χ2n) is 6.79. The molecule has 2 aromatic rings. The molecule has 0 radical (unpaired) electrons. The highest BCUT2D eigenvalue weighted by Crippen LogP contribution is 2.24. The van der Waals surface area contributed by atoms with Gasteiger partial charge in [0.05, 0.1) is 22.7 Å². The van der Waals surface area contributed by atoms with Crippen LogP contribution in [0, 0.1) is 5.92 Å². The smallest absolute Gasteiger partial charge is 0.308 e. The molecule has 1 amide bonds. The number of carbonyl (C=O) groups is 2. The van der Waals surface area contributed by atoms with Crippen molar-refractivity contribution in [1.29, 1.82) is 0 Å². The highest BCUT2D eigenvalue weighted by atomic mass is 32.2. The van der Waals surface area contributed by atoms with E-state index in [4.69, 9.17) is 0 Å². The Kier molecular flexibility index (Phi) is 6.19. The lowest BCUT2D eigenvalue weighted by atomic mass is 9.95. The third-order valence-corrected chi connectivity index (χ3v) is 5.54. The molecule has 0 saturated heterocycles. The zero-order chi connectivity index (χ0) is 18.5. The number of imidazole rings is 1. The van der Waals surface area contributed by atoms with Gasteiger partial charge >= 0.3 is 5.97 Å². The molecule has 0 bridgehead atoms. The largest absolute Gasteiger partial charge is 0.481 e. The summed E-state index contributed by atoms with van der Waals surface area (Å²) in [7, 11) is 0. The van der Waals surface area contributed by atoms with Crippen LogP contribution in [0.4, 0.5) is 0 Å². The first-order valence-electron chi connectivity index (χ1n) is 9.05. The molecule has 3 rings (SSSR count). The van der Waals surface area contributed by atoms with Crippen molar-refractivity contribution in [3.8, 4) is 0 Å². The van der Waals surface area contributed by atoms with Crippen molar-refractivity contribution in [3.05, 3.63) is 30.1 Å². The molecule has 1 heterocycles. The van der Waals surface area contributed by atoms with Gasteiger partial charge in [-0.3, -0.25) is 9.59 Å². The minimum Gasteiger partial charge on any atom is -0.481 e. The van der Waals surface area contributed by atoms with Gasteiger partial charge in [-0.15, -0.1) is 0 Å². The molecule has 1 aromatic carbocycles. The van der Waals surface area contributed by atoms with Crippen molar-refractivity contribution in [1.82, 2.24) is 14.9 Å². The topological polar surface area (TPSA) is 84.2 Å². The fourth-order valence-corrected chi connectivity index (χ4v) is 4.19. The number of aliphatic carboxylic acids is 1. The molecule has 7 heteroatoms. The number of nitrogens with zero attached hydrogens (tertiary/aromatic N) is 2. The van der Waals surface area contributed by atoms with Crippen LogP contribution in [-0.4, -0.2) is 38.8 Å². The Labute approximate surface area is 157 Å².